The van der Waals surface area contributed by atoms with Crippen molar-refractivity contribution < 1.29 is 38.8 Å². The van der Waals surface area contributed by atoms with Crippen LogP contribution in [0.25, 0.3) is 53.4 Å². The normalized spacial score (nSPS) is 12.1. The summed E-state index contributed by atoms with van der Waals surface area (Å²) in [4.78, 5) is 11.7. The zero-order valence-corrected chi connectivity index (χ0v) is 33.8. The van der Waals surface area contributed by atoms with Gasteiger partial charge < -0.3 is 9.52 Å². The number of aromatic nitrogens is 2. The van der Waals surface area contributed by atoms with E-state index in [9.17, 15) is 14.3 Å². The van der Waals surface area contributed by atoms with Gasteiger partial charge in [-0.25, -0.2) is 4.39 Å². The molecule has 6 rings (SSSR count). The quantitative estimate of drug-likeness (QED) is 0.0843. The maximum atomic E-state index is 15.0. The Labute approximate surface area is 312 Å². The molecule has 3 aromatic heterocycles. The van der Waals surface area contributed by atoms with Crippen molar-refractivity contribution in [1.82, 2.24) is 10.2 Å². The van der Waals surface area contributed by atoms with E-state index < -0.39 is 0 Å². The fourth-order valence-electron chi connectivity index (χ4n) is 6.76. The van der Waals surface area contributed by atoms with Crippen molar-refractivity contribution in [1.29, 1.82) is 0 Å². The number of carbonyl (C=O) groups is 1. The van der Waals surface area contributed by atoms with Crippen LogP contribution in [-0.2, 0) is 31.3 Å². The molecule has 0 aliphatic heterocycles. The third-order valence-electron chi connectivity index (χ3n) is 9.43. The van der Waals surface area contributed by atoms with Crippen LogP contribution in [-0.4, -0.2) is 21.1 Å². The summed E-state index contributed by atoms with van der Waals surface area (Å²) in [6, 6.07) is 15.5. The SMILES string of the molecule is CCC(CC)C(=O)/C=C(\O)C(CC)CC.Cc1[c-]c(-c2nnc(C)c3c2sc2cc(CC(C)C)ccc23)c2oc3cc(C)cc(F)c3c2c1.[Ir]. The van der Waals surface area contributed by atoms with Crippen molar-refractivity contribution in [3.63, 3.8) is 0 Å². The number of halogens is 1. The fourth-order valence-corrected chi connectivity index (χ4v) is 8.07. The summed E-state index contributed by atoms with van der Waals surface area (Å²) in [7, 11) is 0. The Morgan fingerprint density at radius 3 is 2.26 bits per heavy atom. The number of aliphatic hydroxyl groups excluding tert-OH is 1. The van der Waals surface area contributed by atoms with Gasteiger partial charge in [-0.3, -0.25) is 4.79 Å². The Hall–Kier alpha value is -3.45. The number of thiophene rings is 1. The minimum atomic E-state index is -0.273. The summed E-state index contributed by atoms with van der Waals surface area (Å²) in [5, 5.41) is 22.5. The molecule has 0 atom stereocenters. The Morgan fingerprint density at radius 2 is 1.62 bits per heavy atom. The Morgan fingerprint density at radius 1 is 0.940 bits per heavy atom. The van der Waals surface area contributed by atoms with Crippen LogP contribution >= 0.6 is 11.3 Å². The summed E-state index contributed by atoms with van der Waals surface area (Å²) >= 11 is 1.73. The average molecular weight is 872 g/mol. The molecular weight excluding hydrogens is 824 g/mol. The van der Waals surface area contributed by atoms with Crippen LogP contribution in [0.1, 0.15) is 89.6 Å². The molecule has 267 valence electrons. The van der Waals surface area contributed by atoms with Gasteiger partial charge in [-0.15, -0.1) is 29.0 Å². The van der Waals surface area contributed by atoms with Gasteiger partial charge in [-0.2, -0.15) is 10.2 Å². The number of rotatable bonds is 10. The van der Waals surface area contributed by atoms with E-state index in [1.165, 1.54) is 21.7 Å². The average Bonchev–Trinajstić information content (AvgIpc) is 3.61. The van der Waals surface area contributed by atoms with E-state index in [1.807, 2.05) is 60.6 Å². The molecule has 8 heteroatoms. The van der Waals surface area contributed by atoms with Crippen LogP contribution in [0, 0.1) is 50.4 Å². The van der Waals surface area contributed by atoms with Gasteiger partial charge in [0.15, 0.2) is 5.78 Å². The van der Waals surface area contributed by atoms with E-state index in [-0.39, 0.29) is 49.3 Å². The molecule has 0 bridgehead atoms. The molecule has 1 radical (unpaired) electrons. The number of benzene rings is 3. The van der Waals surface area contributed by atoms with Crippen molar-refractivity contribution in [2.24, 2.45) is 17.8 Å². The number of nitrogens with zero attached hydrogens (tertiary/aromatic N) is 2. The first kappa shape index (κ1) is 39.3. The number of furan rings is 1. The van der Waals surface area contributed by atoms with E-state index in [1.54, 1.807) is 17.4 Å². The van der Waals surface area contributed by atoms with Gasteiger partial charge in [0.2, 0.25) is 0 Å². The van der Waals surface area contributed by atoms with E-state index in [2.05, 4.69) is 48.3 Å². The molecule has 3 heterocycles. The van der Waals surface area contributed by atoms with Crippen molar-refractivity contribution in [2.45, 2.75) is 94.4 Å². The molecule has 0 saturated carbocycles. The van der Waals surface area contributed by atoms with Crippen molar-refractivity contribution >= 4 is 59.2 Å². The van der Waals surface area contributed by atoms with E-state index in [0.29, 0.717) is 22.5 Å². The number of hydrogen-bond acceptors (Lipinski definition) is 6. The smallest absolute Gasteiger partial charge is 0.162 e. The Balaban J connectivity index is 0.000000301. The van der Waals surface area contributed by atoms with Crippen LogP contribution in [0.2, 0.25) is 0 Å². The monoisotopic (exact) mass is 872 g/mol. The third kappa shape index (κ3) is 8.03. The van der Waals surface area contributed by atoms with Crippen LogP contribution in [0.15, 0.2) is 52.7 Å². The molecule has 50 heavy (non-hydrogen) atoms. The predicted molar refractivity (Wildman–Crippen MR) is 203 cm³/mol. The van der Waals surface area contributed by atoms with Gasteiger partial charge in [0.1, 0.15) is 11.4 Å². The van der Waals surface area contributed by atoms with Crippen LogP contribution in [0.5, 0.6) is 0 Å². The van der Waals surface area contributed by atoms with E-state index in [4.69, 9.17) is 4.42 Å². The number of aliphatic hydroxyl groups is 1. The molecule has 0 amide bonds. The van der Waals surface area contributed by atoms with E-state index >= 15 is 0 Å². The molecule has 0 spiro atoms. The van der Waals surface area contributed by atoms with Crippen molar-refractivity contribution in [3.8, 4) is 11.3 Å². The van der Waals surface area contributed by atoms with Crippen molar-refractivity contribution in [3.05, 3.63) is 82.5 Å². The standard InChI is InChI=1S/C29H24FN2OS.C13H24O2.Ir/c1-14(2)8-18-6-7-19-24(13-18)34-29-25(19)17(5)31-32-27(29)21-10-15(3)9-20-26-22(30)11-16(4)12-23(26)33-28(20)21;1-5-10(6-2)12(14)9-13(15)11(7-3)8-4;/h6-7,9,11-14H,8H2,1-5H3;9-11,14H,5-8H2,1-4H3;/q-1;;/b;12-9-;. The largest absolute Gasteiger partial charge is 0.512 e. The minimum Gasteiger partial charge on any atom is -0.512 e. The summed E-state index contributed by atoms with van der Waals surface area (Å²) in [5.74, 6) is 0.871. The molecule has 1 N–H and O–H groups in total. The maximum absolute atomic E-state index is 15.0. The summed E-state index contributed by atoms with van der Waals surface area (Å²) in [5.41, 5.74) is 6.57. The van der Waals surface area contributed by atoms with Crippen LogP contribution in [0.3, 0.4) is 0 Å². The summed E-state index contributed by atoms with van der Waals surface area (Å²) in [6.07, 6.45) is 5.95. The zero-order chi connectivity index (χ0) is 35.6. The molecule has 0 saturated heterocycles. The molecule has 5 nitrogen and oxygen atoms in total. The third-order valence-corrected chi connectivity index (χ3v) is 10.6. The van der Waals surface area contributed by atoms with Gasteiger partial charge in [0.25, 0.3) is 0 Å². The number of hydrogen-bond donors (Lipinski definition) is 1. The minimum absolute atomic E-state index is 0. The van der Waals surface area contributed by atoms with Crippen LogP contribution < -0.4 is 0 Å². The molecule has 0 aliphatic carbocycles. The van der Waals surface area contributed by atoms with E-state index in [0.717, 1.165) is 75.7 Å². The number of fused-ring (bicyclic) bond motifs is 6. The first-order valence-corrected chi connectivity index (χ1v) is 18.4. The number of carbonyl (C=O) groups excluding carboxylic acids is 1. The molecule has 6 aromatic rings. The molecule has 3 aromatic carbocycles. The molecule has 0 fully saturated rings. The second-order valence-electron chi connectivity index (χ2n) is 13.7. The molecular formula is C42H48FIrN2O3S-. The van der Waals surface area contributed by atoms with Gasteiger partial charge in [-0.05, 0) is 81.2 Å². The number of aryl methyl sites for hydroxylation is 3. The zero-order valence-electron chi connectivity index (χ0n) is 30.6. The Kier molecular flexibility index (Phi) is 13.1. The second kappa shape index (κ2) is 16.7. The maximum Gasteiger partial charge on any atom is 0.162 e. The first-order valence-electron chi connectivity index (χ1n) is 17.6. The summed E-state index contributed by atoms with van der Waals surface area (Å²) in [6.45, 7) is 18.4. The second-order valence-corrected chi connectivity index (χ2v) is 14.7. The fraction of sp³-hybridized carbons (Fsp3) is 0.405. The molecule has 0 aliphatic rings. The number of ketones is 1. The van der Waals surface area contributed by atoms with Gasteiger partial charge in [0, 0.05) is 69.3 Å². The topological polar surface area (TPSA) is 76.2 Å². The van der Waals surface area contributed by atoms with Gasteiger partial charge >= 0.3 is 0 Å². The van der Waals surface area contributed by atoms with Gasteiger partial charge in [0.05, 0.1) is 17.0 Å². The number of allylic oxidation sites excluding steroid dienone is 2. The van der Waals surface area contributed by atoms with Crippen LogP contribution in [0.4, 0.5) is 4.39 Å². The van der Waals surface area contributed by atoms with Gasteiger partial charge in [-0.1, -0.05) is 71.5 Å². The van der Waals surface area contributed by atoms with Crippen molar-refractivity contribution in [2.75, 3.05) is 0 Å². The predicted octanol–water partition coefficient (Wildman–Crippen LogP) is 12.3. The molecule has 0 unspecified atom stereocenters. The summed E-state index contributed by atoms with van der Waals surface area (Å²) < 4.78 is 23.5. The Bertz CT molecular complexity index is 2170. The first-order chi connectivity index (χ1) is 23.4.